The van der Waals surface area contributed by atoms with Crippen molar-refractivity contribution in [1.29, 1.82) is 0 Å². The zero-order valence-electron chi connectivity index (χ0n) is 9.88. The van der Waals surface area contributed by atoms with Crippen LogP contribution in [-0.4, -0.2) is 20.2 Å². The number of benzene rings is 1. The Balaban J connectivity index is 2.14. The zero-order valence-corrected chi connectivity index (χ0v) is 9.88. The molecule has 1 aromatic carbocycles. The molecular weight excluding hydrogens is 200 g/mol. The van der Waals surface area contributed by atoms with E-state index in [0.29, 0.717) is 6.54 Å². The molecule has 0 aliphatic carbocycles. The number of aromatic nitrogens is 4. The predicted molar refractivity (Wildman–Crippen MR) is 62.1 cm³/mol. The van der Waals surface area contributed by atoms with Gasteiger partial charge in [-0.15, -0.1) is 10.2 Å². The van der Waals surface area contributed by atoms with Crippen molar-refractivity contribution >= 4 is 0 Å². The lowest BCUT2D eigenvalue weighted by Gasteiger charge is -2.19. The molecule has 2 rings (SSSR count). The second-order valence-electron chi connectivity index (χ2n) is 4.91. The Morgan fingerprint density at radius 1 is 1.12 bits per heavy atom. The van der Waals surface area contributed by atoms with Gasteiger partial charge >= 0.3 is 0 Å². The Morgan fingerprint density at radius 2 is 1.81 bits per heavy atom. The average Bonchev–Trinajstić information content (AvgIpc) is 2.70. The van der Waals surface area contributed by atoms with Crippen molar-refractivity contribution in [3.8, 4) is 0 Å². The summed E-state index contributed by atoms with van der Waals surface area (Å²) in [4.78, 5) is 1.58. The fourth-order valence-electron chi connectivity index (χ4n) is 1.53. The second-order valence-corrected chi connectivity index (χ2v) is 4.91. The maximum Gasteiger partial charge on any atom is 0.162 e. The third-order valence-electron chi connectivity index (χ3n) is 2.54. The van der Waals surface area contributed by atoms with Crippen LogP contribution in [0.2, 0.25) is 0 Å². The Hall–Kier alpha value is -1.71. The molecule has 1 aromatic heterocycles. The summed E-state index contributed by atoms with van der Waals surface area (Å²) in [5.41, 5.74) is 2.72. The molecule has 0 radical (unpaired) electrons. The van der Waals surface area contributed by atoms with Gasteiger partial charge in [0, 0.05) is 0 Å². The van der Waals surface area contributed by atoms with Crippen molar-refractivity contribution in [2.45, 2.75) is 32.7 Å². The van der Waals surface area contributed by atoms with Crippen LogP contribution in [0, 0.1) is 0 Å². The van der Waals surface area contributed by atoms with Crippen molar-refractivity contribution in [2.75, 3.05) is 0 Å². The quantitative estimate of drug-likeness (QED) is 0.771. The topological polar surface area (TPSA) is 43.6 Å². The highest BCUT2D eigenvalue weighted by atomic mass is 15.6. The first-order valence-corrected chi connectivity index (χ1v) is 5.36. The first-order chi connectivity index (χ1) is 7.55. The van der Waals surface area contributed by atoms with Gasteiger partial charge in [0.25, 0.3) is 0 Å². The van der Waals surface area contributed by atoms with Gasteiger partial charge in [0.15, 0.2) is 6.33 Å². The van der Waals surface area contributed by atoms with Crippen molar-refractivity contribution in [3.63, 3.8) is 0 Å². The van der Waals surface area contributed by atoms with Crippen LogP contribution in [-0.2, 0) is 12.0 Å². The molecule has 0 atom stereocenters. The highest BCUT2D eigenvalue weighted by molar-refractivity contribution is 5.27. The lowest BCUT2D eigenvalue weighted by atomic mass is 9.87. The number of nitrogens with zero attached hydrogens (tertiary/aromatic N) is 4. The number of hydrogen-bond donors (Lipinski definition) is 0. The first kappa shape index (κ1) is 10.8. The molecular formula is C12H16N4. The van der Waals surface area contributed by atoms with Crippen molar-refractivity contribution in [1.82, 2.24) is 20.2 Å². The van der Waals surface area contributed by atoms with Crippen LogP contribution in [0.15, 0.2) is 30.6 Å². The molecule has 2 aromatic rings. The summed E-state index contributed by atoms with van der Waals surface area (Å²) >= 11 is 0. The van der Waals surface area contributed by atoms with Crippen LogP contribution < -0.4 is 0 Å². The Kier molecular flexibility index (Phi) is 2.73. The molecule has 0 amide bonds. The molecule has 0 spiro atoms. The average molecular weight is 216 g/mol. The monoisotopic (exact) mass is 216 g/mol. The molecule has 0 unspecified atom stereocenters. The second kappa shape index (κ2) is 4.04. The molecule has 0 saturated heterocycles. The number of hydrogen-bond acceptors (Lipinski definition) is 3. The highest BCUT2D eigenvalue weighted by Gasteiger charge is 2.12. The molecule has 0 N–H and O–H groups in total. The van der Waals surface area contributed by atoms with Gasteiger partial charge in [-0.1, -0.05) is 45.0 Å². The van der Waals surface area contributed by atoms with Crippen molar-refractivity contribution < 1.29 is 0 Å². The molecule has 1 heterocycles. The minimum Gasteiger partial charge on any atom is -0.160 e. The van der Waals surface area contributed by atoms with Crippen LogP contribution >= 0.6 is 0 Å². The van der Waals surface area contributed by atoms with Gasteiger partial charge in [-0.3, -0.25) is 0 Å². The Bertz CT molecular complexity index is 437. The van der Waals surface area contributed by atoms with E-state index in [-0.39, 0.29) is 5.41 Å². The van der Waals surface area contributed by atoms with Gasteiger partial charge in [-0.05, 0) is 21.8 Å². The maximum absolute atomic E-state index is 3.98. The molecule has 0 aliphatic heterocycles. The zero-order chi connectivity index (χ0) is 11.6. The minimum atomic E-state index is 0.198. The number of rotatable bonds is 2. The predicted octanol–water partition coefficient (Wildman–Crippen LogP) is 2.02. The van der Waals surface area contributed by atoms with E-state index in [1.807, 2.05) is 0 Å². The normalized spacial score (nSPS) is 11.7. The lowest BCUT2D eigenvalue weighted by molar-refractivity contribution is 0.569. The van der Waals surface area contributed by atoms with E-state index < -0.39 is 0 Å². The minimum absolute atomic E-state index is 0.198. The molecule has 4 nitrogen and oxygen atoms in total. The molecule has 0 bridgehead atoms. The van der Waals surface area contributed by atoms with Crippen LogP contribution in [0.25, 0.3) is 0 Å². The molecule has 16 heavy (non-hydrogen) atoms. The summed E-state index contributed by atoms with van der Waals surface area (Å²) in [6, 6.07) is 8.55. The maximum atomic E-state index is 3.98. The lowest BCUT2D eigenvalue weighted by Crippen LogP contribution is -2.11. The van der Waals surface area contributed by atoms with Crippen LogP contribution in [0.4, 0.5) is 0 Å². The third kappa shape index (κ3) is 2.45. The fourth-order valence-corrected chi connectivity index (χ4v) is 1.53. The van der Waals surface area contributed by atoms with E-state index >= 15 is 0 Å². The largest absolute Gasteiger partial charge is 0.162 e. The summed E-state index contributed by atoms with van der Waals surface area (Å²) in [5.74, 6) is 0. The van der Waals surface area contributed by atoms with Gasteiger partial charge < -0.3 is 0 Å². The van der Waals surface area contributed by atoms with Gasteiger partial charge in [-0.2, -0.15) is 4.80 Å². The van der Waals surface area contributed by atoms with E-state index in [0.717, 1.165) is 0 Å². The number of tetrazole rings is 1. The summed E-state index contributed by atoms with van der Waals surface area (Å²) in [5, 5.41) is 11.5. The smallest absolute Gasteiger partial charge is 0.160 e. The third-order valence-corrected chi connectivity index (χ3v) is 2.54. The SMILES string of the molecule is CC(C)(C)c1ccc(Cn2ncnn2)cc1. The Morgan fingerprint density at radius 3 is 2.31 bits per heavy atom. The van der Waals surface area contributed by atoms with Gasteiger partial charge in [0.05, 0.1) is 6.54 Å². The van der Waals surface area contributed by atoms with E-state index in [1.54, 1.807) is 4.80 Å². The summed E-state index contributed by atoms with van der Waals surface area (Å²) in [6.07, 6.45) is 1.45. The first-order valence-electron chi connectivity index (χ1n) is 5.36. The van der Waals surface area contributed by atoms with Crippen LogP contribution in [0.5, 0.6) is 0 Å². The van der Waals surface area contributed by atoms with Crippen LogP contribution in [0.3, 0.4) is 0 Å². The van der Waals surface area contributed by atoms with Gasteiger partial charge in [0.1, 0.15) is 0 Å². The van der Waals surface area contributed by atoms with Gasteiger partial charge in [0.2, 0.25) is 0 Å². The molecule has 84 valence electrons. The van der Waals surface area contributed by atoms with Crippen molar-refractivity contribution in [2.24, 2.45) is 0 Å². The fraction of sp³-hybridized carbons (Fsp3) is 0.417. The van der Waals surface area contributed by atoms with E-state index in [2.05, 4.69) is 60.4 Å². The van der Waals surface area contributed by atoms with E-state index in [4.69, 9.17) is 0 Å². The van der Waals surface area contributed by atoms with Gasteiger partial charge in [-0.25, -0.2) is 0 Å². The molecule has 0 saturated carbocycles. The van der Waals surface area contributed by atoms with E-state index in [9.17, 15) is 0 Å². The molecule has 4 heteroatoms. The molecule has 0 fully saturated rings. The molecule has 0 aliphatic rings. The van der Waals surface area contributed by atoms with Crippen LogP contribution in [0.1, 0.15) is 31.9 Å². The summed E-state index contributed by atoms with van der Waals surface area (Å²) in [6.45, 7) is 7.30. The Labute approximate surface area is 95.3 Å². The summed E-state index contributed by atoms with van der Waals surface area (Å²) in [7, 11) is 0. The van der Waals surface area contributed by atoms with E-state index in [1.165, 1.54) is 17.5 Å². The highest BCUT2D eigenvalue weighted by Crippen LogP contribution is 2.22. The summed E-state index contributed by atoms with van der Waals surface area (Å²) < 4.78 is 0. The standard InChI is InChI=1S/C12H16N4/c1-12(2,3)11-6-4-10(5-7-11)8-16-14-9-13-15-16/h4-7,9H,8H2,1-3H3. The van der Waals surface area contributed by atoms with Crippen molar-refractivity contribution in [3.05, 3.63) is 41.7 Å².